The second kappa shape index (κ2) is 2.73. The van der Waals surface area contributed by atoms with Gasteiger partial charge in [-0.25, -0.2) is 0 Å². The van der Waals surface area contributed by atoms with E-state index >= 15 is 0 Å². The minimum Gasteiger partial charge on any atom is -0.392 e. The number of hydrogen-bond acceptors (Lipinski definition) is 3. The summed E-state index contributed by atoms with van der Waals surface area (Å²) in [6.07, 6.45) is 2.41. The van der Waals surface area contributed by atoms with Gasteiger partial charge in [0.25, 0.3) is 0 Å². The van der Waals surface area contributed by atoms with Gasteiger partial charge in [0.1, 0.15) is 0 Å². The van der Waals surface area contributed by atoms with Crippen molar-refractivity contribution in [3.8, 4) is 0 Å². The average molecular weight is 157 g/mol. The maximum Gasteiger partial charge on any atom is 0.0707 e. The molecule has 0 aliphatic carbocycles. The summed E-state index contributed by atoms with van der Waals surface area (Å²) in [5.41, 5.74) is 0. The van der Waals surface area contributed by atoms with E-state index in [2.05, 4.69) is 4.90 Å². The number of hydrogen-bond donors (Lipinski definition) is 2. The van der Waals surface area contributed by atoms with Crippen LogP contribution in [0.25, 0.3) is 0 Å². The van der Waals surface area contributed by atoms with Crippen LogP contribution in [-0.4, -0.2) is 46.5 Å². The third kappa shape index (κ3) is 1.28. The van der Waals surface area contributed by atoms with Crippen LogP contribution in [0.15, 0.2) is 0 Å². The Balaban J connectivity index is 2.00. The average Bonchev–Trinajstić information content (AvgIpc) is 2.32. The van der Waals surface area contributed by atoms with Crippen LogP contribution in [0.3, 0.4) is 0 Å². The first-order valence-electron chi connectivity index (χ1n) is 4.37. The van der Waals surface area contributed by atoms with Crippen LogP contribution in [0, 0.1) is 0 Å². The molecule has 0 radical (unpaired) electrons. The lowest BCUT2D eigenvalue weighted by Gasteiger charge is -2.33. The molecule has 0 spiro atoms. The first-order chi connectivity index (χ1) is 5.27. The molecule has 2 aliphatic rings. The molecule has 2 rings (SSSR count). The normalized spacial score (nSPS) is 45.8. The molecule has 64 valence electrons. The molecule has 2 fully saturated rings. The summed E-state index contributed by atoms with van der Waals surface area (Å²) in [7, 11) is 0. The number of piperidine rings is 1. The summed E-state index contributed by atoms with van der Waals surface area (Å²) < 4.78 is 0. The molecule has 2 saturated heterocycles. The van der Waals surface area contributed by atoms with Gasteiger partial charge < -0.3 is 10.2 Å². The molecule has 0 aromatic carbocycles. The van der Waals surface area contributed by atoms with Crippen molar-refractivity contribution in [3.63, 3.8) is 0 Å². The number of aliphatic hydroxyl groups is 2. The Morgan fingerprint density at radius 1 is 1.09 bits per heavy atom. The van der Waals surface area contributed by atoms with Gasteiger partial charge in [0.2, 0.25) is 0 Å². The maximum atomic E-state index is 9.49. The summed E-state index contributed by atoms with van der Waals surface area (Å²) >= 11 is 0. The lowest BCUT2D eigenvalue weighted by Crippen LogP contribution is -2.44. The molecule has 3 heteroatoms. The third-order valence-electron chi connectivity index (χ3n) is 2.87. The van der Waals surface area contributed by atoms with Crippen LogP contribution in [-0.2, 0) is 0 Å². The smallest absolute Gasteiger partial charge is 0.0707 e. The molecule has 2 aliphatic heterocycles. The molecule has 0 saturated carbocycles. The Hall–Kier alpha value is -0.120. The number of aliphatic hydroxyl groups excluding tert-OH is 2. The van der Waals surface area contributed by atoms with E-state index in [1.807, 2.05) is 0 Å². The summed E-state index contributed by atoms with van der Waals surface area (Å²) in [6.45, 7) is 1.73. The lowest BCUT2D eigenvalue weighted by atomic mass is 9.99. The van der Waals surface area contributed by atoms with Crippen LogP contribution in [0.2, 0.25) is 0 Å². The Bertz CT molecular complexity index is 151. The van der Waals surface area contributed by atoms with Crippen LogP contribution in [0.1, 0.15) is 19.3 Å². The van der Waals surface area contributed by atoms with Crippen molar-refractivity contribution in [1.29, 1.82) is 0 Å². The highest BCUT2D eigenvalue weighted by molar-refractivity contribution is 4.91. The second-order valence-electron chi connectivity index (χ2n) is 3.65. The summed E-state index contributed by atoms with van der Waals surface area (Å²) in [5.74, 6) is 0. The molecule has 0 amide bonds. The minimum absolute atomic E-state index is 0.137. The molecular formula is C8H15NO2. The van der Waals surface area contributed by atoms with Crippen LogP contribution >= 0.6 is 0 Å². The summed E-state index contributed by atoms with van der Waals surface area (Å²) in [6, 6.07) is 0.346. The first kappa shape index (κ1) is 7.53. The van der Waals surface area contributed by atoms with Gasteiger partial charge in [-0.15, -0.1) is 0 Å². The fourth-order valence-corrected chi connectivity index (χ4v) is 2.23. The minimum atomic E-state index is -0.156. The van der Waals surface area contributed by atoms with Crippen molar-refractivity contribution in [1.82, 2.24) is 4.90 Å². The predicted molar refractivity (Wildman–Crippen MR) is 41.2 cm³/mol. The number of fused-ring (bicyclic) bond motifs is 1. The Labute approximate surface area is 66.6 Å². The van der Waals surface area contributed by atoms with Gasteiger partial charge >= 0.3 is 0 Å². The standard InChI is InChI=1S/C8H15NO2/c10-6-1-2-7-8(11)3-4-9(7)5-6/h6-8,10-11H,1-5H2/t6-,7-,8-/m0/s1. The van der Waals surface area contributed by atoms with Gasteiger partial charge in [-0.05, 0) is 19.3 Å². The molecular weight excluding hydrogens is 142 g/mol. The summed E-state index contributed by atoms with van der Waals surface area (Å²) in [5, 5.41) is 18.8. The molecule has 11 heavy (non-hydrogen) atoms. The highest BCUT2D eigenvalue weighted by atomic mass is 16.3. The zero-order valence-corrected chi connectivity index (χ0v) is 6.61. The van der Waals surface area contributed by atoms with Crippen LogP contribution in [0.4, 0.5) is 0 Å². The van der Waals surface area contributed by atoms with Crippen molar-refractivity contribution < 1.29 is 10.2 Å². The van der Waals surface area contributed by atoms with Crippen LogP contribution in [0.5, 0.6) is 0 Å². The zero-order valence-electron chi connectivity index (χ0n) is 6.61. The summed E-state index contributed by atoms with van der Waals surface area (Å²) in [4.78, 5) is 2.21. The molecule has 3 nitrogen and oxygen atoms in total. The van der Waals surface area contributed by atoms with Crippen molar-refractivity contribution in [2.75, 3.05) is 13.1 Å². The van der Waals surface area contributed by atoms with E-state index in [0.29, 0.717) is 6.04 Å². The fraction of sp³-hybridized carbons (Fsp3) is 1.00. The third-order valence-corrected chi connectivity index (χ3v) is 2.87. The highest BCUT2D eigenvalue weighted by Gasteiger charge is 2.36. The van der Waals surface area contributed by atoms with E-state index in [-0.39, 0.29) is 12.2 Å². The molecule has 0 bridgehead atoms. The van der Waals surface area contributed by atoms with E-state index in [1.54, 1.807) is 0 Å². The number of rotatable bonds is 0. The largest absolute Gasteiger partial charge is 0.392 e. The van der Waals surface area contributed by atoms with Crippen molar-refractivity contribution in [2.45, 2.75) is 37.5 Å². The van der Waals surface area contributed by atoms with Gasteiger partial charge in [0.05, 0.1) is 12.2 Å². The van der Waals surface area contributed by atoms with Gasteiger partial charge in [-0.1, -0.05) is 0 Å². The second-order valence-corrected chi connectivity index (χ2v) is 3.65. The topological polar surface area (TPSA) is 43.7 Å². The van der Waals surface area contributed by atoms with Gasteiger partial charge in [-0.3, -0.25) is 4.90 Å². The monoisotopic (exact) mass is 157 g/mol. The maximum absolute atomic E-state index is 9.49. The molecule has 0 unspecified atom stereocenters. The highest BCUT2D eigenvalue weighted by Crippen LogP contribution is 2.26. The molecule has 3 atom stereocenters. The van der Waals surface area contributed by atoms with E-state index in [1.165, 1.54) is 0 Å². The van der Waals surface area contributed by atoms with E-state index in [4.69, 9.17) is 0 Å². The SMILES string of the molecule is O[C@H]1CC[C@H]2[C@@H](O)CCN2C1. The van der Waals surface area contributed by atoms with E-state index in [9.17, 15) is 10.2 Å². The zero-order chi connectivity index (χ0) is 7.84. The molecule has 2 heterocycles. The van der Waals surface area contributed by atoms with Gasteiger partial charge in [0.15, 0.2) is 0 Å². The predicted octanol–water partition coefficient (Wildman–Crippen LogP) is -0.424. The fourth-order valence-electron chi connectivity index (χ4n) is 2.23. The molecule has 0 aromatic rings. The number of nitrogens with zero attached hydrogens (tertiary/aromatic N) is 1. The van der Waals surface area contributed by atoms with Crippen molar-refractivity contribution in [2.24, 2.45) is 0 Å². The van der Waals surface area contributed by atoms with Crippen molar-refractivity contribution in [3.05, 3.63) is 0 Å². The van der Waals surface area contributed by atoms with Gasteiger partial charge in [-0.2, -0.15) is 0 Å². The molecule has 2 N–H and O–H groups in total. The molecule has 0 aromatic heterocycles. The Morgan fingerprint density at radius 3 is 2.73 bits per heavy atom. The van der Waals surface area contributed by atoms with Crippen LogP contribution < -0.4 is 0 Å². The lowest BCUT2D eigenvalue weighted by molar-refractivity contribution is 0.0245. The van der Waals surface area contributed by atoms with Crippen molar-refractivity contribution >= 4 is 0 Å². The quantitative estimate of drug-likeness (QED) is 0.502. The first-order valence-corrected chi connectivity index (χ1v) is 4.37. The van der Waals surface area contributed by atoms with E-state index in [0.717, 1.165) is 32.4 Å². The van der Waals surface area contributed by atoms with Gasteiger partial charge in [0, 0.05) is 19.1 Å². The Kier molecular flexibility index (Phi) is 1.87. The Morgan fingerprint density at radius 2 is 1.91 bits per heavy atom. The van der Waals surface area contributed by atoms with E-state index < -0.39 is 0 Å².